The fourth-order valence-electron chi connectivity index (χ4n) is 6.46. The van der Waals surface area contributed by atoms with Crippen LogP contribution in [0.4, 0.5) is 0 Å². The first-order chi connectivity index (χ1) is 17.5. The third kappa shape index (κ3) is 2.77. The zero-order valence-electron chi connectivity index (χ0n) is 21.3. The molecule has 0 N–H and O–H groups in total. The van der Waals surface area contributed by atoms with E-state index in [2.05, 4.69) is 136 Å². The molecule has 0 unspecified atom stereocenters. The van der Waals surface area contributed by atoms with E-state index in [9.17, 15) is 0 Å². The Balaban J connectivity index is 1.56. The molecule has 1 aromatic heterocycles. The maximum Gasteiger partial charge on any atom is 0.0524 e. The summed E-state index contributed by atoms with van der Waals surface area (Å²) in [4.78, 5) is 0. The highest BCUT2D eigenvalue weighted by Gasteiger charge is 2.38. The second-order valence-corrected chi connectivity index (χ2v) is 10.7. The Hall–Kier alpha value is -4.10. The van der Waals surface area contributed by atoms with Crippen LogP contribution in [0.2, 0.25) is 0 Å². The van der Waals surface area contributed by atoms with Crippen molar-refractivity contribution in [2.75, 3.05) is 0 Å². The lowest BCUT2D eigenvalue weighted by molar-refractivity contribution is 0.661. The number of benzene rings is 5. The van der Waals surface area contributed by atoms with Crippen molar-refractivity contribution in [3.63, 3.8) is 0 Å². The molecule has 0 saturated heterocycles. The van der Waals surface area contributed by atoms with Crippen LogP contribution in [0, 0.1) is 6.92 Å². The lowest BCUT2D eigenvalue weighted by Gasteiger charge is -2.22. The molecule has 1 aliphatic rings. The van der Waals surface area contributed by atoms with Gasteiger partial charge in [0.25, 0.3) is 0 Å². The molecule has 1 heteroatoms. The molecule has 0 amide bonds. The van der Waals surface area contributed by atoms with Crippen molar-refractivity contribution in [2.45, 2.75) is 26.2 Å². The summed E-state index contributed by atoms with van der Waals surface area (Å²) < 4.78 is 2.35. The number of aryl methyl sites for hydroxylation is 1. The third-order valence-corrected chi connectivity index (χ3v) is 8.38. The van der Waals surface area contributed by atoms with Crippen LogP contribution in [0.3, 0.4) is 0 Å². The number of nitrogens with zero attached hydrogens (tertiary/aromatic N) is 1. The highest BCUT2D eigenvalue weighted by molar-refractivity contribution is 6.21. The Bertz CT molecular complexity index is 1760. The van der Waals surface area contributed by atoms with Crippen molar-refractivity contribution >= 4 is 21.5 Å². The van der Waals surface area contributed by atoms with E-state index < -0.39 is 0 Å². The summed E-state index contributed by atoms with van der Waals surface area (Å²) in [7, 11) is 2.19. The summed E-state index contributed by atoms with van der Waals surface area (Å²) in [5, 5.41) is 5.21. The van der Waals surface area contributed by atoms with Crippen LogP contribution < -0.4 is 0 Å². The Kier molecular flexibility index (Phi) is 4.39. The number of fused-ring (bicyclic) bond motifs is 5. The van der Waals surface area contributed by atoms with E-state index >= 15 is 0 Å². The van der Waals surface area contributed by atoms with E-state index in [1.165, 1.54) is 71.9 Å². The lowest BCUT2D eigenvalue weighted by Crippen LogP contribution is -2.14. The zero-order chi connectivity index (χ0) is 24.6. The average molecular weight is 464 g/mol. The molecule has 174 valence electrons. The van der Waals surface area contributed by atoms with Gasteiger partial charge in [0.05, 0.1) is 5.69 Å². The van der Waals surface area contributed by atoms with E-state index in [4.69, 9.17) is 0 Å². The van der Waals surface area contributed by atoms with Crippen LogP contribution >= 0.6 is 0 Å². The minimum absolute atomic E-state index is 0.0255. The number of aromatic nitrogens is 1. The van der Waals surface area contributed by atoms with Crippen molar-refractivity contribution < 1.29 is 0 Å². The van der Waals surface area contributed by atoms with E-state index in [-0.39, 0.29) is 5.41 Å². The second kappa shape index (κ2) is 7.45. The molecule has 0 aliphatic heterocycles. The van der Waals surface area contributed by atoms with Crippen molar-refractivity contribution in [1.82, 2.24) is 4.57 Å². The summed E-state index contributed by atoms with van der Waals surface area (Å²) in [6.45, 7) is 6.94. The molecular formula is C35H29N. The molecule has 0 bridgehead atoms. The second-order valence-electron chi connectivity index (χ2n) is 10.7. The third-order valence-electron chi connectivity index (χ3n) is 8.38. The number of rotatable bonds is 2. The molecule has 0 saturated carbocycles. The molecule has 1 heterocycles. The Morgan fingerprint density at radius 2 is 1.08 bits per heavy atom. The summed E-state index contributed by atoms with van der Waals surface area (Å²) in [5.74, 6) is 0. The van der Waals surface area contributed by atoms with Gasteiger partial charge in [-0.05, 0) is 74.0 Å². The SMILES string of the molecule is Cc1cc2c(n1C)-c1ccc(-c3c4ccccc4c(-c4ccccc4)c4ccccc34)cc1C2(C)C. The number of hydrogen-bond acceptors (Lipinski definition) is 0. The highest BCUT2D eigenvalue weighted by atomic mass is 15.0. The minimum Gasteiger partial charge on any atom is -0.348 e. The maximum absolute atomic E-state index is 2.46. The Labute approximate surface area is 212 Å². The van der Waals surface area contributed by atoms with Gasteiger partial charge in [-0.1, -0.05) is 105 Å². The van der Waals surface area contributed by atoms with Crippen molar-refractivity contribution in [2.24, 2.45) is 7.05 Å². The van der Waals surface area contributed by atoms with E-state index in [1.54, 1.807) is 0 Å². The summed E-state index contributed by atoms with van der Waals surface area (Å²) in [6.07, 6.45) is 0. The van der Waals surface area contributed by atoms with Gasteiger partial charge in [-0.25, -0.2) is 0 Å². The zero-order valence-corrected chi connectivity index (χ0v) is 21.3. The molecule has 1 aliphatic carbocycles. The summed E-state index contributed by atoms with van der Waals surface area (Å²) in [6, 6.07) is 38.2. The van der Waals surface area contributed by atoms with Crippen LogP contribution in [0.15, 0.2) is 103 Å². The Morgan fingerprint density at radius 3 is 1.67 bits per heavy atom. The van der Waals surface area contributed by atoms with Gasteiger partial charge in [-0.3, -0.25) is 0 Å². The molecule has 6 aromatic rings. The van der Waals surface area contributed by atoms with Crippen molar-refractivity contribution in [3.05, 3.63) is 120 Å². The lowest BCUT2D eigenvalue weighted by atomic mass is 9.80. The minimum atomic E-state index is -0.0255. The Morgan fingerprint density at radius 1 is 0.556 bits per heavy atom. The van der Waals surface area contributed by atoms with Crippen LogP contribution in [0.1, 0.15) is 30.7 Å². The first-order valence-corrected chi connectivity index (χ1v) is 12.8. The molecule has 0 spiro atoms. The van der Waals surface area contributed by atoms with Gasteiger partial charge in [0.2, 0.25) is 0 Å². The highest BCUT2D eigenvalue weighted by Crippen LogP contribution is 2.52. The molecule has 0 fully saturated rings. The van der Waals surface area contributed by atoms with Gasteiger partial charge >= 0.3 is 0 Å². The molecule has 5 aromatic carbocycles. The normalized spacial score (nSPS) is 13.8. The molecule has 1 nitrogen and oxygen atoms in total. The molecule has 7 rings (SSSR count). The van der Waals surface area contributed by atoms with Gasteiger partial charge in [-0.15, -0.1) is 0 Å². The van der Waals surface area contributed by atoms with Crippen molar-refractivity contribution in [3.8, 4) is 33.5 Å². The van der Waals surface area contributed by atoms with E-state index in [1.807, 2.05) is 0 Å². The first kappa shape index (κ1) is 21.2. The van der Waals surface area contributed by atoms with Gasteiger partial charge < -0.3 is 4.57 Å². The largest absolute Gasteiger partial charge is 0.348 e. The van der Waals surface area contributed by atoms with Crippen molar-refractivity contribution in [1.29, 1.82) is 0 Å². The molecule has 0 radical (unpaired) electrons. The monoisotopic (exact) mass is 463 g/mol. The topological polar surface area (TPSA) is 4.93 Å². The van der Waals surface area contributed by atoms with E-state index in [0.29, 0.717) is 0 Å². The fourth-order valence-corrected chi connectivity index (χ4v) is 6.46. The van der Waals surface area contributed by atoms with Crippen LogP contribution in [0.5, 0.6) is 0 Å². The quantitative estimate of drug-likeness (QED) is 0.225. The predicted molar refractivity (Wildman–Crippen MR) is 154 cm³/mol. The molecular weight excluding hydrogens is 434 g/mol. The predicted octanol–water partition coefficient (Wildman–Crippen LogP) is 9.28. The smallest absolute Gasteiger partial charge is 0.0524 e. The van der Waals surface area contributed by atoms with Gasteiger partial charge in [0, 0.05) is 23.7 Å². The van der Waals surface area contributed by atoms with Crippen LogP contribution in [-0.2, 0) is 12.5 Å². The fraction of sp³-hybridized carbons (Fsp3) is 0.143. The summed E-state index contributed by atoms with van der Waals surface area (Å²) in [5.41, 5.74) is 12.1. The summed E-state index contributed by atoms with van der Waals surface area (Å²) >= 11 is 0. The first-order valence-electron chi connectivity index (χ1n) is 12.8. The number of hydrogen-bond donors (Lipinski definition) is 0. The standard InChI is InChI=1S/C35H29N/c1-22-20-31-34(36(22)4)29-19-18-24(21-30(29)35(31,2)3)33-27-16-10-8-14-25(27)32(23-12-6-5-7-13-23)26-15-9-11-17-28(26)33/h5-21H,1-4H3. The van der Waals surface area contributed by atoms with Gasteiger partial charge in [0.15, 0.2) is 0 Å². The van der Waals surface area contributed by atoms with Gasteiger partial charge in [0.1, 0.15) is 0 Å². The van der Waals surface area contributed by atoms with Gasteiger partial charge in [-0.2, -0.15) is 0 Å². The molecule has 36 heavy (non-hydrogen) atoms. The average Bonchev–Trinajstić information content (AvgIpc) is 3.32. The van der Waals surface area contributed by atoms with E-state index in [0.717, 1.165) is 0 Å². The molecule has 0 atom stereocenters. The van der Waals surface area contributed by atoms with Crippen LogP contribution in [0.25, 0.3) is 55.1 Å². The maximum atomic E-state index is 2.46. The van der Waals surface area contributed by atoms with Crippen LogP contribution in [-0.4, -0.2) is 4.57 Å².